The summed E-state index contributed by atoms with van der Waals surface area (Å²) in [6, 6.07) is 14.9. The Hall–Kier alpha value is -2.23. The molecule has 9 heteroatoms. The number of piperidine rings is 1. The largest absolute Gasteiger partial charge is 0.273 e. The molecule has 3 rings (SSSR count). The van der Waals surface area contributed by atoms with Crippen LogP contribution in [0.5, 0.6) is 0 Å². The van der Waals surface area contributed by atoms with E-state index >= 15 is 0 Å². The van der Waals surface area contributed by atoms with Crippen LogP contribution in [-0.4, -0.2) is 37.6 Å². The topological polar surface area (TPSA) is 95.6 Å². The van der Waals surface area contributed by atoms with Crippen molar-refractivity contribution in [2.45, 2.75) is 17.7 Å². The molecule has 1 aliphatic rings. The first-order valence-corrected chi connectivity index (χ1v) is 11.0. The quantitative estimate of drug-likeness (QED) is 0.677. The fraction of sp³-hybridized carbons (Fsp3) is 0.263. The van der Waals surface area contributed by atoms with Crippen LogP contribution in [0.4, 0.5) is 0 Å². The van der Waals surface area contributed by atoms with Gasteiger partial charge in [-0.1, -0.05) is 34.1 Å². The van der Waals surface area contributed by atoms with Gasteiger partial charge < -0.3 is 0 Å². The van der Waals surface area contributed by atoms with Crippen LogP contribution in [0.2, 0.25) is 0 Å². The van der Waals surface area contributed by atoms with Crippen LogP contribution in [0, 0.1) is 5.92 Å². The fourth-order valence-electron chi connectivity index (χ4n) is 3.01. The molecule has 1 heterocycles. The Morgan fingerprint density at radius 1 is 1.00 bits per heavy atom. The second-order valence-corrected chi connectivity index (χ2v) is 9.32. The van der Waals surface area contributed by atoms with Gasteiger partial charge in [0.25, 0.3) is 5.91 Å². The zero-order valence-electron chi connectivity index (χ0n) is 15.0. The number of nitrogens with one attached hydrogen (secondary N) is 2. The molecule has 0 spiro atoms. The molecule has 1 atom stereocenters. The van der Waals surface area contributed by atoms with E-state index in [4.69, 9.17) is 0 Å². The Morgan fingerprint density at radius 3 is 2.36 bits per heavy atom. The van der Waals surface area contributed by atoms with Crippen molar-refractivity contribution in [2.24, 2.45) is 5.92 Å². The van der Waals surface area contributed by atoms with E-state index in [0.717, 1.165) is 4.47 Å². The predicted octanol–water partition coefficient (Wildman–Crippen LogP) is 2.31. The second kappa shape index (κ2) is 8.85. The highest BCUT2D eigenvalue weighted by Crippen LogP contribution is 2.24. The monoisotopic (exact) mass is 465 g/mol. The van der Waals surface area contributed by atoms with Crippen LogP contribution in [0.25, 0.3) is 0 Å². The molecule has 28 heavy (non-hydrogen) atoms. The van der Waals surface area contributed by atoms with Gasteiger partial charge in [-0.05, 0) is 49.2 Å². The molecule has 2 amide bonds. The molecule has 1 unspecified atom stereocenters. The standard InChI is InChI=1S/C19H20BrN3O4S/c20-16-8-10-17(11-9-16)28(26,27)23-12-4-7-15(13-23)19(25)22-21-18(24)14-5-2-1-3-6-14/h1-3,5-6,8-11,15H,4,7,12-13H2,(H,21,24)(H,22,25). The van der Waals surface area contributed by atoms with Crippen LogP contribution in [0.3, 0.4) is 0 Å². The molecule has 0 aromatic heterocycles. The summed E-state index contributed by atoms with van der Waals surface area (Å²) in [6.45, 7) is 0.435. The Labute approximate surface area is 172 Å². The summed E-state index contributed by atoms with van der Waals surface area (Å²) in [5.74, 6) is -1.36. The zero-order valence-corrected chi connectivity index (χ0v) is 17.4. The number of rotatable bonds is 4. The first-order valence-electron chi connectivity index (χ1n) is 8.79. The molecule has 0 saturated carbocycles. The molecule has 0 bridgehead atoms. The van der Waals surface area contributed by atoms with Gasteiger partial charge in [0.2, 0.25) is 15.9 Å². The highest BCUT2D eigenvalue weighted by atomic mass is 79.9. The third kappa shape index (κ3) is 4.78. The number of carbonyl (C=O) groups is 2. The number of hydrogen-bond donors (Lipinski definition) is 2. The lowest BCUT2D eigenvalue weighted by Gasteiger charge is -2.31. The number of halogens is 1. The van der Waals surface area contributed by atoms with E-state index in [1.165, 1.54) is 16.4 Å². The number of hydrazine groups is 1. The number of sulfonamides is 1. The maximum absolute atomic E-state index is 12.8. The van der Waals surface area contributed by atoms with E-state index in [1.807, 2.05) is 0 Å². The van der Waals surface area contributed by atoms with E-state index in [-0.39, 0.29) is 11.4 Å². The highest BCUT2D eigenvalue weighted by Gasteiger charge is 2.33. The van der Waals surface area contributed by atoms with Crippen molar-refractivity contribution in [3.05, 3.63) is 64.6 Å². The minimum absolute atomic E-state index is 0.0748. The SMILES string of the molecule is O=C(NNC(=O)C1CCCN(S(=O)(=O)c2ccc(Br)cc2)C1)c1ccccc1. The van der Waals surface area contributed by atoms with Gasteiger partial charge in [0, 0.05) is 23.1 Å². The predicted molar refractivity (Wildman–Crippen MR) is 108 cm³/mol. The summed E-state index contributed by atoms with van der Waals surface area (Å²) >= 11 is 3.29. The highest BCUT2D eigenvalue weighted by molar-refractivity contribution is 9.10. The zero-order chi connectivity index (χ0) is 20.1. The molecule has 2 aromatic rings. The first kappa shape index (κ1) is 20.5. The number of carbonyl (C=O) groups excluding carboxylic acids is 2. The van der Waals surface area contributed by atoms with Crippen LogP contribution >= 0.6 is 15.9 Å². The van der Waals surface area contributed by atoms with Crippen LogP contribution in [0.1, 0.15) is 23.2 Å². The van der Waals surface area contributed by atoms with Crippen molar-refractivity contribution in [3.8, 4) is 0 Å². The molecule has 2 N–H and O–H groups in total. The van der Waals surface area contributed by atoms with Crippen molar-refractivity contribution in [1.29, 1.82) is 0 Å². The molecular formula is C19H20BrN3O4S. The molecule has 1 aliphatic heterocycles. The first-order chi connectivity index (χ1) is 13.4. The Morgan fingerprint density at radius 2 is 1.68 bits per heavy atom. The molecule has 0 aliphatic carbocycles. The lowest BCUT2D eigenvalue weighted by atomic mass is 9.99. The van der Waals surface area contributed by atoms with E-state index in [0.29, 0.717) is 24.9 Å². The average Bonchev–Trinajstić information content (AvgIpc) is 2.72. The van der Waals surface area contributed by atoms with E-state index in [2.05, 4.69) is 26.8 Å². The maximum Gasteiger partial charge on any atom is 0.269 e. The van der Waals surface area contributed by atoms with Gasteiger partial charge in [-0.25, -0.2) is 8.42 Å². The van der Waals surface area contributed by atoms with E-state index in [9.17, 15) is 18.0 Å². The Kier molecular flexibility index (Phi) is 6.48. The lowest BCUT2D eigenvalue weighted by Crippen LogP contribution is -2.50. The lowest BCUT2D eigenvalue weighted by molar-refractivity contribution is -0.126. The van der Waals surface area contributed by atoms with Crippen molar-refractivity contribution < 1.29 is 18.0 Å². The minimum Gasteiger partial charge on any atom is -0.273 e. The van der Waals surface area contributed by atoms with Crippen LogP contribution in [0.15, 0.2) is 64.0 Å². The van der Waals surface area contributed by atoms with Gasteiger partial charge >= 0.3 is 0 Å². The number of hydrogen-bond acceptors (Lipinski definition) is 4. The Bertz CT molecular complexity index is 949. The summed E-state index contributed by atoms with van der Waals surface area (Å²) < 4.78 is 27.8. The second-order valence-electron chi connectivity index (χ2n) is 6.47. The summed E-state index contributed by atoms with van der Waals surface area (Å²) in [5, 5.41) is 0. The molecule has 2 aromatic carbocycles. The van der Waals surface area contributed by atoms with Crippen LogP contribution < -0.4 is 10.9 Å². The summed E-state index contributed by atoms with van der Waals surface area (Å²) in [5.41, 5.74) is 5.20. The number of nitrogens with zero attached hydrogens (tertiary/aromatic N) is 1. The number of benzene rings is 2. The van der Waals surface area contributed by atoms with Crippen molar-refractivity contribution in [1.82, 2.24) is 15.2 Å². The third-order valence-corrected chi connectivity index (χ3v) is 6.95. The van der Waals surface area contributed by atoms with E-state index < -0.39 is 27.8 Å². The van der Waals surface area contributed by atoms with Gasteiger partial charge in [0.1, 0.15) is 0 Å². The maximum atomic E-state index is 12.8. The van der Waals surface area contributed by atoms with E-state index in [1.54, 1.807) is 42.5 Å². The normalized spacial score (nSPS) is 17.7. The van der Waals surface area contributed by atoms with Crippen molar-refractivity contribution >= 4 is 37.8 Å². The van der Waals surface area contributed by atoms with Gasteiger partial charge in [-0.3, -0.25) is 20.4 Å². The molecule has 7 nitrogen and oxygen atoms in total. The van der Waals surface area contributed by atoms with Gasteiger partial charge in [-0.2, -0.15) is 4.31 Å². The van der Waals surface area contributed by atoms with Gasteiger partial charge in [0.05, 0.1) is 10.8 Å². The summed E-state index contributed by atoms with van der Waals surface area (Å²) in [4.78, 5) is 24.7. The summed E-state index contributed by atoms with van der Waals surface area (Å²) in [7, 11) is -3.67. The molecule has 148 valence electrons. The van der Waals surface area contributed by atoms with Crippen molar-refractivity contribution in [3.63, 3.8) is 0 Å². The summed E-state index contributed by atoms with van der Waals surface area (Å²) in [6.07, 6.45) is 1.12. The number of amides is 2. The van der Waals surface area contributed by atoms with Crippen LogP contribution in [-0.2, 0) is 14.8 Å². The molecule has 1 fully saturated rings. The molecule has 0 radical (unpaired) electrons. The Balaban J connectivity index is 1.61. The third-order valence-electron chi connectivity index (χ3n) is 4.54. The minimum atomic E-state index is -3.67. The van der Waals surface area contributed by atoms with Crippen molar-refractivity contribution in [2.75, 3.05) is 13.1 Å². The smallest absolute Gasteiger partial charge is 0.269 e. The van der Waals surface area contributed by atoms with Gasteiger partial charge in [0.15, 0.2) is 0 Å². The molecule has 1 saturated heterocycles. The average molecular weight is 466 g/mol. The fourth-order valence-corrected chi connectivity index (χ4v) is 4.80. The van der Waals surface area contributed by atoms with Gasteiger partial charge in [-0.15, -0.1) is 0 Å². The molecular weight excluding hydrogens is 446 g/mol.